The summed E-state index contributed by atoms with van der Waals surface area (Å²) in [6.07, 6.45) is 2.97. The van der Waals surface area contributed by atoms with Crippen LogP contribution < -0.4 is 11.2 Å². The van der Waals surface area contributed by atoms with E-state index in [9.17, 15) is 19.1 Å². The molecular formula is C19H12FN3O3. The Morgan fingerprint density at radius 1 is 1.08 bits per heavy atom. The maximum absolute atomic E-state index is 14.1. The van der Waals surface area contributed by atoms with Gasteiger partial charge in [0.15, 0.2) is 0 Å². The lowest BCUT2D eigenvalue weighted by molar-refractivity contribution is 0.426. The first-order chi connectivity index (χ1) is 12.6. The summed E-state index contributed by atoms with van der Waals surface area (Å²) in [5.41, 5.74) is 0.0928. The van der Waals surface area contributed by atoms with Crippen molar-refractivity contribution in [3.63, 3.8) is 0 Å². The summed E-state index contributed by atoms with van der Waals surface area (Å²) in [6, 6.07) is 12.8. The fourth-order valence-electron chi connectivity index (χ4n) is 2.83. The zero-order valence-corrected chi connectivity index (χ0v) is 13.3. The number of aliphatic imine (C=N–C) groups is 1. The van der Waals surface area contributed by atoms with E-state index in [1.54, 1.807) is 6.21 Å². The van der Waals surface area contributed by atoms with Crippen molar-refractivity contribution >= 4 is 23.6 Å². The van der Waals surface area contributed by atoms with E-state index < -0.39 is 22.9 Å². The zero-order valence-electron chi connectivity index (χ0n) is 13.3. The van der Waals surface area contributed by atoms with Crippen LogP contribution in [0.15, 0.2) is 63.1 Å². The number of nitrogens with zero attached hydrogens (tertiary/aromatic N) is 2. The standard InChI is InChI=1S/C19H12FN3O3/c20-14-6-2-4-8-16(14)23-18(25)13(17(24)22-19(23)26)9-11-10-21-15-7-3-1-5-12(11)15/h1-10,25H,(H,22,24,26). The van der Waals surface area contributed by atoms with E-state index in [4.69, 9.17) is 0 Å². The number of rotatable bonds is 2. The molecular weight excluding hydrogens is 337 g/mol. The fourth-order valence-corrected chi connectivity index (χ4v) is 2.83. The highest BCUT2D eigenvalue weighted by molar-refractivity contribution is 6.21. The number of halogens is 1. The van der Waals surface area contributed by atoms with E-state index in [-0.39, 0.29) is 11.3 Å². The first-order valence-corrected chi connectivity index (χ1v) is 7.74. The van der Waals surface area contributed by atoms with Crippen molar-refractivity contribution < 1.29 is 9.50 Å². The second-order valence-corrected chi connectivity index (χ2v) is 5.66. The van der Waals surface area contributed by atoms with Crippen molar-refractivity contribution in [2.45, 2.75) is 0 Å². The maximum atomic E-state index is 14.1. The van der Waals surface area contributed by atoms with Crippen LogP contribution in [0.4, 0.5) is 10.1 Å². The molecule has 0 fully saturated rings. The Hall–Kier alpha value is -3.74. The topological polar surface area (TPSA) is 87.5 Å². The molecule has 4 rings (SSSR count). The average Bonchev–Trinajstić information content (AvgIpc) is 3.03. The first-order valence-electron chi connectivity index (χ1n) is 7.74. The molecule has 0 unspecified atom stereocenters. The molecule has 1 aromatic heterocycles. The molecule has 3 aromatic rings. The highest BCUT2D eigenvalue weighted by atomic mass is 19.1. The minimum absolute atomic E-state index is 0.161. The third-order valence-electron chi connectivity index (χ3n) is 4.07. The van der Waals surface area contributed by atoms with Crippen molar-refractivity contribution in [3.05, 3.63) is 86.3 Å². The van der Waals surface area contributed by atoms with Gasteiger partial charge in [-0.05, 0) is 24.3 Å². The molecule has 0 saturated heterocycles. The van der Waals surface area contributed by atoms with Crippen LogP contribution in [0.2, 0.25) is 0 Å². The van der Waals surface area contributed by atoms with Gasteiger partial charge in [-0.15, -0.1) is 0 Å². The van der Waals surface area contributed by atoms with E-state index in [0.717, 1.165) is 21.9 Å². The Balaban J connectivity index is 1.95. The number of hydrogen-bond acceptors (Lipinski definition) is 4. The molecule has 2 heterocycles. The molecule has 128 valence electrons. The molecule has 7 heteroatoms. The quantitative estimate of drug-likeness (QED) is 0.745. The predicted octanol–water partition coefficient (Wildman–Crippen LogP) is 2.63. The molecule has 1 aliphatic heterocycles. The monoisotopic (exact) mass is 349 g/mol. The number of benzene rings is 2. The van der Waals surface area contributed by atoms with E-state index >= 15 is 0 Å². The van der Waals surface area contributed by atoms with Crippen molar-refractivity contribution in [1.29, 1.82) is 0 Å². The van der Waals surface area contributed by atoms with Gasteiger partial charge in [-0.25, -0.2) is 13.8 Å². The van der Waals surface area contributed by atoms with Crippen LogP contribution in [0.1, 0.15) is 11.1 Å². The SMILES string of the molecule is O=c1[nH]c(=O)n(-c2ccccc2F)c(O)c1C=C1C=Nc2ccccc21. The van der Waals surface area contributed by atoms with Crippen molar-refractivity contribution in [1.82, 2.24) is 9.55 Å². The van der Waals surface area contributed by atoms with Gasteiger partial charge in [-0.3, -0.25) is 14.8 Å². The van der Waals surface area contributed by atoms with Gasteiger partial charge < -0.3 is 5.11 Å². The smallest absolute Gasteiger partial charge is 0.335 e. The Labute approximate surface area is 146 Å². The van der Waals surface area contributed by atoms with Gasteiger partial charge in [0.2, 0.25) is 5.88 Å². The number of aromatic hydroxyl groups is 1. The number of nitrogens with one attached hydrogen (secondary N) is 1. The number of hydrogen-bond donors (Lipinski definition) is 2. The molecule has 0 spiro atoms. The van der Waals surface area contributed by atoms with E-state index in [1.165, 1.54) is 24.3 Å². The molecule has 0 aliphatic carbocycles. The first kappa shape index (κ1) is 15.8. The van der Waals surface area contributed by atoms with E-state index in [2.05, 4.69) is 9.98 Å². The van der Waals surface area contributed by atoms with E-state index in [0.29, 0.717) is 5.57 Å². The molecule has 0 amide bonds. The van der Waals surface area contributed by atoms with Crippen LogP contribution in [0.25, 0.3) is 17.3 Å². The van der Waals surface area contributed by atoms with E-state index in [1.807, 2.05) is 24.3 Å². The lowest BCUT2D eigenvalue weighted by Gasteiger charge is -2.10. The summed E-state index contributed by atoms with van der Waals surface area (Å²) < 4.78 is 14.8. The van der Waals surface area contributed by atoms with Crippen LogP contribution in [0.5, 0.6) is 5.88 Å². The summed E-state index contributed by atoms with van der Waals surface area (Å²) in [5.74, 6) is -1.35. The summed E-state index contributed by atoms with van der Waals surface area (Å²) in [7, 11) is 0. The summed E-state index contributed by atoms with van der Waals surface area (Å²) in [5, 5.41) is 10.5. The average molecular weight is 349 g/mol. The summed E-state index contributed by atoms with van der Waals surface area (Å²) in [6.45, 7) is 0. The molecule has 0 bridgehead atoms. The van der Waals surface area contributed by atoms with Gasteiger partial charge in [-0.2, -0.15) is 0 Å². The predicted molar refractivity (Wildman–Crippen MR) is 96.7 cm³/mol. The molecule has 0 saturated carbocycles. The number of aromatic amines is 1. The van der Waals surface area contributed by atoms with Crippen molar-refractivity contribution in [2.24, 2.45) is 4.99 Å². The molecule has 2 aromatic carbocycles. The Morgan fingerprint density at radius 3 is 2.62 bits per heavy atom. The molecule has 6 nitrogen and oxygen atoms in total. The highest BCUT2D eigenvalue weighted by Crippen LogP contribution is 2.32. The third-order valence-corrected chi connectivity index (χ3v) is 4.07. The van der Waals surface area contributed by atoms with Crippen LogP contribution in [0, 0.1) is 5.82 Å². The van der Waals surface area contributed by atoms with Crippen LogP contribution in [-0.2, 0) is 0 Å². The summed E-state index contributed by atoms with van der Waals surface area (Å²) in [4.78, 5) is 30.7. The molecule has 0 radical (unpaired) electrons. The number of allylic oxidation sites excluding steroid dienone is 1. The van der Waals surface area contributed by atoms with Crippen LogP contribution in [-0.4, -0.2) is 20.9 Å². The third kappa shape index (κ3) is 2.46. The number of aromatic nitrogens is 2. The Morgan fingerprint density at radius 2 is 1.81 bits per heavy atom. The van der Waals surface area contributed by atoms with Crippen LogP contribution in [0.3, 0.4) is 0 Å². The Kier molecular flexibility index (Phi) is 3.62. The Bertz CT molecular complexity index is 1210. The highest BCUT2D eigenvalue weighted by Gasteiger charge is 2.18. The van der Waals surface area contributed by atoms with Crippen LogP contribution >= 0.6 is 0 Å². The van der Waals surface area contributed by atoms with Crippen molar-refractivity contribution in [3.8, 4) is 11.6 Å². The second kappa shape index (κ2) is 5.96. The second-order valence-electron chi connectivity index (χ2n) is 5.66. The van der Waals surface area contributed by atoms with Gasteiger partial charge in [0.05, 0.1) is 11.4 Å². The number of H-pyrrole nitrogens is 1. The van der Waals surface area contributed by atoms with Gasteiger partial charge in [0, 0.05) is 17.4 Å². The normalized spacial score (nSPS) is 14.0. The van der Waals surface area contributed by atoms with Gasteiger partial charge in [0.1, 0.15) is 11.4 Å². The number of para-hydroxylation sites is 2. The van der Waals surface area contributed by atoms with Crippen molar-refractivity contribution in [2.75, 3.05) is 0 Å². The number of fused-ring (bicyclic) bond motifs is 1. The lowest BCUT2D eigenvalue weighted by atomic mass is 10.1. The van der Waals surface area contributed by atoms with Gasteiger partial charge in [0.25, 0.3) is 5.56 Å². The fraction of sp³-hybridized carbons (Fsp3) is 0. The molecule has 26 heavy (non-hydrogen) atoms. The molecule has 0 atom stereocenters. The largest absolute Gasteiger partial charge is 0.494 e. The van der Waals surface area contributed by atoms with Gasteiger partial charge >= 0.3 is 5.69 Å². The zero-order chi connectivity index (χ0) is 18.3. The minimum atomic E-state index is -0.930. The lowest BCUT2D eigenvalue weighted by Crippen LogP contribution is -2.30. The molecule has 2 N–H and O–H groups in total. The summed E-state index contributed by atoms with van der Waals surface area (Å²) >= 11 is 0. The van der Waals surface area contributed by atoms with Gasteiger partial charge in [-0.1, -0.05) is 30.3 Å². The minimum Gasteiger partial charge on any atom is -0.494 e. The molecule has 1 aliphatic rings. The maximum Gasteiger partial charge on any atom is 0.335 e.